The predicted molar refractivity (Wildman–Crippen MR) is 127 cm³/mol. The van der Waals surface area contributed by atoms with Gasteiger partial charge in [-0.1, -0.05) is 30.3 Å². The second kappa shape index (κ2) is 11.3. The van der Waals surface area contributed by atoms with E-state index in [4.69, 9.17) is 9.47 Å². The van der Waals surface area contributed by atoms with Crippen LogP contribution in [0.4, 0.5) is 11.4 Å². The van der Waals surface area contributed by atoms with Gasteiger partial charge in [0.2, 0.25) is 0 Å². The molecule has 180 valence electrons. The van der Waals surface area contributed by atoms with Gasteiger partial charge in [0.25, 0.3) is 5.91 Å². The maximum Gasteiger partial charge on any atom is 0.338 e. The topological polar surface area (TPSA) is 117 Å². The number of nitrogens with one attached hydrogen (secondary N) is 2. The van der Waals surface area contributed by atoms with E-state index < -0.39 is 17.8 Å². The van der Waals surface area contributed by atoms with E-state index in [2.05, 4.69) is 10.6 Å². The number of anilines is 2. The van der Waals surface area contributed by atoms with E-state index in [0.717, 1.165) is 5.56 Å². The first kappa shape index (κ1) is 24.8. The fourth-order valence-electron chi connectivity index (χ4n) is 3.66. The molecule has 3 N–H and O–H groups in total. The molecule has 3 rings (SSSR count). The van der Waals surface area contributed by atoms with Crippen molar-refractivity contribution in [3.63, 3.8) is 0 Å². The average Bonchev–Trinajstić information content (AvgIpc) is 3.15. The van der Waals surface area contributed by atoms with Gasteiger partial charge in [0.1, 0.15) is 5.70 Å². The van der Waals surface area contributed by atoms with Crippen LogP contribution in [0, 0.1) is 0 Å². The number of nitrogens with zero attached hydrogens (tertiary/aromatic N) is 1. The Morgan fingerprint density at radius 1 is 1.12 bits per heavy atom. The summed E-state index contributed by atoms with van der Waals surface area (Å²) in [5, 5.41) is 15.7. The van der Waals surface area contributed by atoms with E-state index in [1.54, 1.807) is 25.1 Å². The quantitative estimate of drug-likeness (QED) is 0.457. The second-order valence-corrected chi connectivity index (χ2v) is 7.68. The number of rotatable bonds is 10. The zero-order valence-electron chi connectivity index (χ0n) is 19.5. The molecule has 0 radical (unpaired) electrons. The lowest BCUT2D eigenvalue weighted by Crippen LogP contribution is -2.31. The monoisotopic (exact) mass is 467 g/mol. The van der Waals surface area contributed by atoms with Crippen LogP contribution in [0.15, 0.2) is 59.8 Å². The van der Waals surface area contributed by atoms with Crippen LogP contribution in [0.1, 0.15) is 35.8 Å². The van der Waals surface area contributed by atoms with Crippen LogP contribution in [0.3, 0.4) is 0 Å². The molecule has 1 unspecified atom stereocenters. The smallest absolute Gasteiger partial charge is 0.338 e. The van der Waals surface area contributed by atoms with E-state index in [1.165, 1.54) is 12.0 Å². The largest absolute Gasteiger partial charge is 0.466 e. The van der Waals surface area contributed by atoms with Gasteiger partial charge in [-0.3, -0.25) is 4.79 Å². The molecule has 9 nitrogen and oxygen atoms in total. The van der Waals surface area contributed by atoms with Crippen molar-refractivity contribution in [2.24, 2.45) is 0 Å². The summed E-state index contributed by atoms with van der Waals surface area (Å²) in [5.41, 5.74) is 2.56. The van der Waals surface area contributed by atoms with E-state index in [9.17, 15) is 19.5 Å². The normalized spacial score (nSPS) is 14.1. The first-order chi connectivity index (χ1) is 16.4. The Morgan fingerprint density at radius 2 is 1.85 bits per heavy atom. The SMILES string of the molecule is CCOC(=O)c1ccc(NC(C)c2ccccc2)c(NC2=C(C(=O)OC)CN(CCO)C2=O)c1. The van der Waals surface area contributed by atoms with Gasteiger partial charge in [-0.05, 0) is 37.6 Å². The lowest BCUT2D eigenvalue weighted by Gasteiger charge is -2.21. The number of aliphatic hydroxyl groups is 1. The van der Waals surface area contributed by atoms with E-state index in [-0.39, 0.29) is 43.6 Å². The maximum atomic E-state index is 13.0. The van der Waals surface area contributed by atoms with E-state index in [1.807, 2.05) is 37.3 Å². The molecular formula is C25H29N3O6. The number of hydrogen-bond donors (Lipinski definition) is 3. The van der Waals surface area contributed by atoms with Gasteiger partial charge in [-0.15, -0.1) is 0 Å². The molecule has 0 aromatic heterocycles. The van der Waals surface area contributed by atoms with Gasteiger partial charge in [0.05, 0.1) is 49.4 Å². The third kappa shape index (κ3) is 5.55. The Labute approximate surface area is 198 Å². The molecule has 0 saturated heterocycles. The highest BCUT2D eigenvalue weighted by molar-refractivity contribution is 6.09. The first-order valence-electron chi connectivity index (χ1n) is 11.0. The number of carbonyl (C=O) groups is 3. The molecule has 34 heavy (non-hydrogen) atoms. The lowest BCUT2D eigenvalue weighted by molar-refractivity contribution is -0.136. The Morgan fingerprint density at radius 3 is 2.50 bits per heavy atom. The van der Waals surface area contributed by atoms with Gasteiger partial charge in [0.15, 0.2) is 0 Å². The van der Waals surface area contributed by atoms with Gasteiger partial charge in [-0.25, -0.2) is 9.59 Å². The molecule has 1 aliphatic rings. The molecule has 0 aliphatic carbocycles. The van der Waals surface area contributed by atoms with Crippen LogP contribution in [-0.2, 0) is 19.1 Å². The zero-order chi connectivity index (χ0) is 24.7. The minimum Gasteiger partial charge on any atom is -0.466 e. The number of esters is 2. The maximum absolute atomic E-state index is 13.0. The van der Waals surface area contributed by atoms with Crippen LogP contribution in [-0.4, -0.2) is 61.3 Å². The Balaban J connectivity index is 2.00. The number of methoxy groups -OCH3 is 1. The summed E-state index contributed by atoms with van der Waals surface area (Å²) in [6.45, 7) is 3.76. The van der Waals surface area contributed by atoms with Crippen molar-refractivity contribution >= 4 is 29.2 Å². The molecule has 2 aromatic rings. The zero-order valence-corrected chi connectivity index (χ0v) is 19.5. The molecule has 9 heteroatoms. The van der Waals surface area contributed by atoms with Gasteiger partial charge < -0.3 is 30.1 Å². The third-order valence-electron chi connectivity index (χ3n) is 5.42. The number of β-amino-alcohol motifs (C(OH)–C–C–N with tert-alkyl or cyclic N) is 1. The minimum absolute atomic E-state index is 0.00907. The fourth-order valence-corrected chi connectivity index (χ4v) is 3.66. The van der Waals surface area contributed by atoms with Crippen molar-refractivity contribution in [1.29, 1.82) is 0 Å². The minimum atomic E-state index is -0.648. The van der Waals surface area contributed by atoms with Crippen LogP contribution < -0.4 is 10.6 Å². The molecule has 2 aromatic carbocycles. The summed E-state index contributed by atoms with van der Waals surface area (Å²) >= 11 is 0. The van der Waals surface area contributed by atoms with Crippen molar-refractivity contribution in [3.8, 4) is 0 Å². The number of hydrogen-bond acceptors (Lipinski definition) is 8. The van der Waals surface area contributed by atoms with Gasteiger partial charge in [0, 0.05) is 12.6 Å². The summed E-state index contributed by atoms with van der Waals surface area (Å²) < 4.78 is 9.97. The predicted octanol–water partition coefficient (Wildman–Crippen LogP) is 2.71. The van der Waals surface area contributed by atoms with E-state index in [0.29, 0.717) is 16.9 Å². The number of ether oxygens (including phenoxy) is 2. The molecule has 1 heterocycles. The summed E-state index contributed by atoms with van der Waals surface area (Å²) in [4.78, 5) is 39.0. The van der Waals surface area contributed by atoms with Crippen LogP contribution in [0.25, 0.3) is 0 Å². The molecule has 0 bridgehead atoms. The number of benzene rings is 2. The molecule has 1 aliphatic heterocycles. The van der Waals surface area contributed by atoms with Crippen molar-refractivity contribution in [2.75, 3.05) is 44.0 Å². The molecule has 0 fully saturated rings. The Kier molecular flexibility index (Phi) is 8.26. The second-order valence-electron chi connectivity index (χ2n) is 7.68. The van der Waals surface area contributed by atoms with Crippen molar-refractivity contribution < 1.29 is 29.0 Å². The molecule has 0 saturated carbocycles. The Bertz CT molecular complexity index is 1080. The fraction of sp³-hybridized carbons (Fsp3) is 0.320. The average molecular weight is 468 g/mol. The standard InChI is InChI=1S/C25H29N3O6/c1-4-34-24(31)18-10-11-20(26-16(2)17-8-6-5-7-9-17)21(14-18)27-22-19(25(32)33-3)15-28(12-13-29)23(22)30/h5-11,14,16,26-27,29H,4,12-13,15H2,1-3H3. The lowest BCUT2D eigenvalue weighted by atomic mass is 10.1. The highest BCUT2D eigenvalue weighted by atomic mass is 16.5. The summed E-state index contributed by atoms with van der Waals surface area (Å²) in [6.07, 6.45) is 0. The van der Waals surface area contributed by atoms with Crippen molar-refractivity contribution in [3.05, 3.63) is 70.9 Å². The molecule has 1 amide bonds. The highest BCUT2D eigenvalue weighted by Gasteiger charge is 2.35. The van der Waals surface area contributed by atoms with E-state index >= 15 is 0 Å². The Hall–Kier alpha value is -3.85. The molecule has 0 spiro atoms. The van der Waals surface area contributed by atoms with Crippen molar-refractivity contribution in [1.82, 2.24) is 4.90 Å². The number of carbonyl (C=O) groups excluding carboxylic acids is 3. The summed E-state index contributed by atoms with van der Waals surface area (Å²) in [7, 11) is 1.24. The third-order valence-corrected chi connectivity index (χ3v) is 5.42. The van der Waals surface area contributed by atoms with Crippen molar-refractivity contribution in [2.45, 2.75) is 19.9 Å². The van der Waals surface area contributed by atoms with Crippen LogP contribution in [0.2, 0.25) is 0 Å². The van der Waals surface area contributed by atoms with Gasteiger partial charge in [-0.2, -0.15) is 0 Å². The van der Waals surface area contributed by atoms with Crippen LogP contribution in [0.5, 0.6) is 0 Å². The molecule has 1 atom stereocenters. The molecular weight excluding hydrogens is 438 g/mol. The number of aliphatic hydroxyl groups excluding tert-OH is 1. The highest BCUT2D eigenvalue weighted by Crippen LogP contribution is 2.31. The number of amides is 1. The summed E-state index contributed by atoms with van der Waals surface area (Å²) in [6, 6.07) is 14.6. The first-order valence-corrected chi connectivity index (χ1v) is 11.0. The summed E-state index contributed by atoms with van der Waals surface area (Å²) in [5.74, 6) is -1.60. The van der Waals surface area contributed by atoms with Gasteiger partial charge >= 0.3 is 11.9 Å². The van der Waals surface area contributed by atoms with Crippen LogP contribution >= 0.6 is 0 Å².